The lowest BCUT2D eigenvalue weighted by Crippen LogP contribution is -2.42. The van der Waals surface area contributed by atoms with Crippen LogP contribution >= 0.6 is 15.9 Å². The smallest absolute Gasteiger partial charge is 0.377 e. The fourth-order valence-corrected chi connectivity index (χ4v) is 6.72. The average molecular weight is 538 g/mol. The Morgan fingerprint density at radius 3 is 0.812 bits per heavy atom. The first-order chi connectivity index (χ1) is 15.7. The third-order valence-corrected chi connectivity index (χ3v) is 10.2. The Balaban J connectivity index is 3.15. The summed E-state index contributed by atoms with van der Waals surface area (Å²) in [7, 11) is 2.78. The van der Waals surface area contributed by atoms with Gasteiger partial charge in [-0.05, 0) is 12.8 Å². The highest BCUT2D eigenvalue weighted by Crippen LogP contribution is 2.19. The molecule has 194 valence electrons. The molecule has 0 rings (SSSR count). The predicted octanol–water partition coefficient (Wildman–Crippen LogP) is 9.84. The second kappa shape index (κ2) is 26.2. The first kappa shape index (κ1) is 32.6. The second-order valence-electron chi connectivity index (χ2n) is 9.51. The van der Waals surface area contributed by atoms with Crippen molar-refractivity contribution in [3.63, 3.8) is 0 Å². The largest absolute Gasteiger partial charge is 0.500 e. The maximum atomic E-state index is 5.48. The van der Waals surface area contributed by atoms with E-state index in [1.54, 1.807) is 21.3 Å². The van der Waals surface area contributed by atoms with Crippen molar-refractivity contribution < 1.29 is 13.3 Å². The average Bonchev–Trinajstić information content (AvgIpc) is 2.82. The zero-order valence-corrected chi connectivity index (χ0v) is 24.7. The van der Waals surface area contributed by atoms with Crippen molar-refractivity contribution in [2.45, 2.75) is 147 Å². The van der Waals surface area contributed by atoms with E-state index in [0.29, 0.717) is 0 Å². The van der Waals surface area contributed by atoms with E-state index < -0.39 is 8.80 Å². The molecule has 0 saturated heterocycles. The zero-order valence-electron chi connectivity index (χ0n) is 22.1. The monoisotopic (exact) mass is 536 g/mol. The molecule has 0 aromatic heterocycles. The summed E-state index contributed by atoms with van der Waals surface area (Å²) in [6.07, 6.45) is 31.1. The SMILES string of the molecule is CO[Si](CCCCCCCCCCCCCCCCCCCCCCCCBr)(OC)OC. The van der Waals surface area contributed by atoms with Gasteiger partial charge < -0.3 is 13.3 Å². The topological polar surface area (TPSA) is 27.7 Å². The number of hydrogen-bond acceptors (Lipinski definition) is 3. The van der Waals surface area contributed by atoms with Crippen LogP contribution in [0.3, 0.4) is 0 Å². The summed E-state index contributed by atoms with van der Waals surface area (Å²) >= 11 is 3.51. The molecule has 0 radical (unpaired) electrons. The molecule has 0 spiro atoms. The van der Waals surface area contributed by atoms with E-state index in [2.05, 4.69) is 15.9 Å². The van der Waals surface area contributed by atoms with Crippen molar-refractivity contribution >= 4 is 24.7 Å². The number of halogens is 1. The molecule has 0 bridgehead atoms. The minimum Gasteiger partial charge on any atom is -0.377 e. The first-order valence-corrected chi connectivity index (χ1v) is 17.0. The Morgan fingerprint density at radius 1 is 0.375 bits per heavy atom. The van der Waals surface area contributed by atoms with E-state index in [1.165, 1.54) is 140 Å². The van der Waals surface area contributed by atoms with Gasteiger partial charge in [0.2, 0.25) is 0 Å². The van der Waals surface area contributed by atoms with Crippen LogP contribution in [0.4, 0.5) is 0 Å². The van der Waals surface area contributed by atoms with Gasteiger partial charge in [0.25, 0.3) is 0 Å². The minimum absolute atomic E-state index is 0.939. The molecule has 0 amide bonds. The highest BCUT2D eigenvalue weighted by atomic mass is 79.9. The van der Waals surface area contributed by atoms with Crippen LogP contribution in [0.5, 0.6) is 0 Å². The van der Waals surface area contributed by atoms with Crippen molar-refractivity contribution in [3.8, 4) is 0 Å². The van der Waals surface area contributed by atoms with Crippen LogP contribution in [0.25, 0.3) is 0 Å². The third kappa shape index (κ3) is 21.1. The fourth-order valence-electron chi connectivity index (χ4n) is 4.53. The molecule has 0 aliphatic rings. The van der Waals surface area contributed by atoms with Gasteiger partial charge in [-0.2, -0.15) is 0 Å². The Kier molecular flexibility index (Phi) is 26.7. The molecule has 0 aliphatic heterocycles. The molecular formula is C27H57BrO3Si. The molecule has 0 atom stereocenters. The molecule has 0 N–H and O–H groups in total. The lowest BCUT2D eigenvalue weighted by atomic mass is 10.0. The van der Waals surface area contributed by atoms with Crippen LogP contribution in [-0.4, -0.2) is 35.5 Å². The van der Waals surface area contributed by atoms with Crippen molar-refractivity contribution in [1.82, 2.24) is 0 Å². The summed E-state index contributed by atoms with van der Waals surface area (Å²) in [6.45, 7) is 0. The van der Waals surface area contributed by atoms with Gasteiger partial charge in [0.15, 0.2) is 0 Å². The lowest BCUT2D eigenvalue weighted by molar-refractivity contribution is 0.122. The number of hydrogen-bond donors (Lipinski definition) is 0. The normalized spacial score (nSPS) is 12.0. The van der Waals surface area contributed by atoms with Crippen LogP contribution in [0, 0.1) is 0 Å². The molecule has 0 aromatic carbocycles. The van der Waals surface area contributed by atoms with Crippen molar-refractivity contribution in [1.29, 1.82) is 0 Å². The lowest BCUT2D eigenvalue weighted by Gasteiger charge is -2.24. The van der Waals surface area contributed by atoms with E-state index >= 15 is 0 Å². The van der Waals surface area contributed by atoms with Crippen LogP contribution in [-0.2, 0) is 13.3 Å². The van der Waals surface area contributed by atoms with Crippen molar-refractivity contribution in [2.24, 2.45) is 0 Å². The van der Waals surface area contributed by atoms with Gasteiger partial charge in [0.1, 0.15) is 0 Å². The van der Waals surface area contributed by atoms with Gasteiger partial charge in [-0.15, -0.1) is 0 Å². The van der Waals surface area contributed by atoms with Gasteiger partial charge in [0, 0.05) is 32.7 Å². The number of alkyl halides is 1. The van der Waals surface area contributed by atoms with Gasteiger partial charge in [-0.3, -0.25) is 0 Å². The van der Waals surface area contributed by atoms with Crippen LogP contribution in [0.1, 0.15) is 141 Å². The van der Waals surface area contributed by atoms with E-state index in [0.717, 1.165) is 12.5 Å². The van der Waals surface area contributed by atoms with E-state index in [-0.39, 0.29) is 0 Å². The van der Waals surface area contributed by atoms with Gasteiger partial charge >= 0.3 is 8.80 Å². The molecule has 0 fully saturated rings. The number of unbranched alkanes of at least 4 members (excludes halogenated alkanes) is 21. The molecular weight excluding hydrogens is 480 g/mol. The van der Waals surface area contributed by atoms with Gasteiger partial charge in [-0.1, -0.05) is 144 Å². The minimum atomic E-state index is -2.34. The third-order valence-electron chi connectivity index (χ3n) is 6.80. The second-order valence-corrected chi connectivity index (χ2v) is 13.4. The molecule has 0 aliphatic carbocycles. The summed E-state index contributed by atoms with van der Waals surface area (Å²) in [5.41, 5.74) is 0. The Bertz CT molecular complexity index is 346. The molecule has 0 heterocycles. The molecule has 0 saturated carbocycles. The van der Waals surface area contributed by atoms with Crippen molar-refractivity contribution in [3.05, 3.63) is 0 Å². The predicted molar refractivity (Wildman–Crippen MR) is 147 cm³/mol. The summed E-state index contributed by atoms with van der Waals surface area (Å²) in [6, 6.07) is 0.939. The van der Waals surface area contributed by atoms with E-state index in [1.807, 2.05) is 0 Å². The maximum absolute atomic E-state index is 5.48. The maximum Gasteiger partial charge on any atom is 0.500 e. The molecule has 5 heteroatoms. The fraction of sp³-hybridized carbons (Fsp3) is 1.00. The summed E-state index contributed by atoms with van der Waals surface area (Å²) in [5, 5.41) is 1.18. The van der Waals surface area contributed by atoms with Gasteiger partial charge in [0.05, 0.1) is 0 Å². The zero-order chi connectivity index (χ0) is 23.6. The van der Waals surface area contributed by atoms with Crippen LogP contribution in [0.15, 0.2) is 0 Å². The molecule has 0 aromatic rings. The highest BCUT2D eigenvalue weighted by molar-refractivity contribution is 9.09. The summed E-state index contributed by atoms with van der Waals surface area (Å²) in [5.74, 6) is 0. The molecule has 0 unspecified atom stereocenters. The Labute approximate surface area is 211 Å². The van der Waals surface area contributed by atoms with E-state index in [9.17, 15) is 0 Å². The molecule has 3 nitrogen and oxygen atoms in total. The van der Waals surface area contributed by atoms with Crippen molar-refractivity contribution in [2.75, 3.05) is 26.7 Å². The quantitative estimate of drug-likeness (QED) is 0.0593. The van der Waals surface area contributed by atoms with Crippen LogP contribution in [0.2, 0.25) is 6.04 Å². The standard InChI is InChI=1S/C27H57BrO3Si/c1-29-32(30-2,31-3)27-25-23-21-19-17-15-13-11-9-7-5-4-6-8-10-12-14-16-18-20-22-24-26-28/h4-27H2,1-3H3. The van der Waals surface area contributed by atoms with Crippen LogP contribution < -0.4 is 0 Å². The summed E-state index contributed by atoms with van der Waals surface area (Å²) in [4.78, 5) is 0. The first-order valence-electron chi connectivity index (χ1n) is 14.0. The Hall–Kier alpha value is 0.577. The van der Waals surface area contributed by atoms with Gasteiger partial charge in [-0.25, -0.2) is 0 Å². The highest BCUT2D eigenvalue weighted by Gasteiger charge is 2.36. The summed E-state index contributed by atoms with van der Waals surface area (Å²) < 4.78 is 16.4. The van der Waals surface area contributed by atoms with E-state index in [4.69, 9.17) is 13.3 Å². The Morgan fingerprint density at radius 2 is 0.594 bits per heavy atom. The molecule has 32 heavy (non-hydrogen) atoms. The number of rotatable bonds is 27.